The van der Waals surface area contributed by atoms with Crippen LogP contribution in [0.2, 0.25) is 0 Å². The SMILES string of the molecule is O=C(O)CC(OC(=O)C12CC3CC(C1)C(OC(=O)C(F)(F)F)C(C3)C2)(C(F)(F)F)C(F)(F)F. The molecule has 2 atom stereocenters. The third-order valence-corrected chi connectivity index (χ3v) is 6.68. The van der Waals surface area contributed by atoms with E-state index in [2.05, 4.69) is 9.47 Å². The molecule has 0 spiro atoms. The van der Waals surface area contributed by atoms with Gasteiger partial charge in [0.25, 0.3) is 0 Å². The lowest BCUT2D eigenvalue weighted by Gasteiger charge is -2.58. The van der Waals surface area contributed by atoms with Crippen LogP contribution in [0.5, 0.6) is 0 Å². The number of carboxylic acids is 1. The number of esters is 2. The second-order valence-electron chi connectivity index (χ2n) is 8.90. The number of carboxylic acid groups (broad SMARTS) is 1. The molecule has 4 aliphatic carbocycles. The molecule has 4 rings (SSSR count). The number of aliphatic carboxylic acids is 1. The van der Waals surface area contributed by atoms with Crippen LogP contribution in [0.4, 0.5) is 39.5 Å². The minimum atomic E-state index is -6.31. The normalized spacial score (nSPS) is 31.9. The predicted molar refractivity (Wildman–Crippen MR) is 85.1 cm³/mol. The summed E-state index contributed by atoms with van der Waals surface area (Å²) in [4.78, 5) is 34.8. The van der Waals surface area contributed by atoms with Crippen molar-refractivity contribution in [2.24, 2.45) is 23.2 Å². The summed E-state index contributed by atoms with van der Waals surface area (Å²) in [5.74, 6) is -9.13. The number of carbonyl (C=O) groups is 3. The van der Waals surface area contributed by atoms with Gasteiger partial charge >= 0.3 is 42.0 Å². The van der Waals surface area contributed by atoms with Crippen LogP contribution in [0.25, 0.3) is 0 Å². The Morgan fingerprint density at radius 3 is 1.73 bits per heavy atom. The van der Waals surface area contributed by atoms with E-state index in [-0.39, 0.29) is 19.3 Å². The highest BCUT2D eigenvalue weighted by molar-refractivity contribution is 5.79. The van der Waals surface area contributed by atoms with E-state index in [0.717, 1.165) is 0 Å². The Kier molecular flexibility index (Phi) is 5.89. The molecule has 15 heteroatoms. The van der Waals surface area contributed by atoms with E-state index in [1.54, 1.807) is 0 Å². The van der Waals surface area contributed by atoms with Crippen LogP contribution in [-0.2, 0) is 23.9 Å². The molecule has 1 N–H and O–H groups in total. The predicted octanol–water partition coefficient (Wildman–Crippen LogP) is 4.17. The number of rotatable bonds is 5. The second-order valence-corrected chi connectivity index (χ2v) is 8.90. The molecular formula is C18H17F9O6. The monoisotopic (exact) mass is 500 g/mol. The molecule has 0 amide bonds. The quantitative estimate of drug-likeness (QED) is 0.451. The van der Waals surface area contributed by atoms with Gasteiger partial charge in [0.2, 0.25) is 0 Å². The molecule has 0 heterocycles. The van der Waals surface area contributed by atoms with Crippen molar-refractivity contribution in [3.8, 4) is 0 Å². The highest BCUT2D eigenvalue weighted by atomic mass is 19.4. The summed E-state index contributed by atoms with van der Waals surface area (Å²) in [7, 11) is 0. The Bertz CT molecular complexity index is 801. The molecule has 2 unspecified atom stereocenters. The van der Waals surface area contributed by atoms with Crippen LogP contribution in [0, 0.1) is 23.2 Å². The number of alkyl halides is 9. The summed E-state index contributed by atoms with van der Waals surface area (Å²) in [6, 6.07) is 0. The zero-order chi connectivity index (χ0) is 25.2. The van der Waals surface area contributed by atoms with Crippen LogP contribution in [0.3, 0.4) is 0 Å². The van der Waals surface area contributed by atoms with Crippen LogP contribution < -0.4 is 0 Å². The fourth-order valence-electron chi connectivity index (χ4n) is 5.60. The summed E-state index contributed by atoms with van der Waals surface area (Å²) in [6.45, 7) is 0. The largest absolute Gasteiger partial charge is 0.490 e. The van der Waals surface area contributed by atoms with E-state index in [4.69, 9.17) is 5.11 Å². The maximum absolute atomic E-state index is 13.5. The van der Waals surface area contributed by atoms with Crippen molar-refractivity contribution in [1.82, 2.24) is 0 Å². The smallest absolute Gasteiger partial charge is 0.481 e. The fraction of sp³-hybridized carbons (Fsp3) is 0.833. The molecule has 6 nitrogen and oxygen atoms in total. The summed E-state index contributed by atoms with van der Waals surface area (Å²) < 4.78 is 127. The average Bonchev–Trinajstić information content (AvgIpc) is 2.60. The van der Waals surface area contributed by atoms with Crippen LogP contribution in [-0.4, -0.2) is 53.2 Å². The highest BCUT2D eigenvalue weighted by Crippen LogP contribution is 2.62. The maximum Gasteiger partial charge on any atom is 0.490 e. The molecule has 188 valence electrons. The fourth-order valence-corrected chi connectivity index (χ4v) is 5.60. The molecule has 0 aromatic carbocycles. The van der Waals surface area contributed by atoms with E-state index in [1.807, 2.05) is 0 Å². The lowest BCUT2D eigenvalue weighted by Crippen LogP contribution is -2.64. The Labute approximate surface area is 179 Å². The molecule has 33 heavy (non-hydrogen) atoms. The number of carbonyl (C=O) groups excluding carboxylic acids is 2. The number of hydrogen-bond donors (Lipinski definition) is 1. The first-order chi connectivity index (χ1) is 14.8. The van der Waals surface area contributed by atoms with Crippen LogP contribution >= 0.6 is 0 Å². The lowest BCUT2D eigenvalue weighted by molar-refractivity contribution is -0.372. The van der Waals surface area contributed by atoms with Gasteiger partial charge in [-0.25, -0.2) is 4.79 Å². The van der Waals surface area contributed by atoms with Crippen molar-refractivity contribution in [2.75, 3.05) is 0 Å². The molecule has 0 saturated heterocycles. The first-order valence-corrected chi connectivity index (χ1v) is 9.68. The summed E-state index contributed by atoms with van der Waals surface area (Å²) >= 11 is 0. The minimum absolute atomic E-state index is 0.167. The van der Waals surface area contributed by atoms with Gasteiger partial charge < -0.3 is 14.6 Å². The molecular weight excluding hydrogens is 483 g/mol. The van der Waals surface area contributed by atoms with Gasteiger partial charge in [-0.1, -0.05) is 0 Å². The standard InChI is InChI=1S/C18H17F9O6/c19-16(20,21)13(31)32-11-8-1-7-2-9(11)5-14(3-7,4-8)12(30)33-15(6-10(28)29,17(22,23)24)18(25,26)27/h7-9,11H,1-6H2,(H,28,29). The van der Waals surface area contributed by atoms with Gasteiger partial charge in [0.15, 0.2) is 0 Å². The van der Waals surface area contributed by atoms with E-state index in [0.29, 0.717) is 0 Å². The van der Waals surface area contributed by atoms with Crippen molar-refractivity contribution in [3.05, 3.63) is 0 Å². The second kappa shape index (κ2) is 7.65. The van der Waals surface area contributed by atoms with Crippen molar-refractivity contribution in [3.63, 3.8) is 0 Å². The first kappa shape index (κ1) is 25.4. The Morgan fingerprint density at radius 2 is 1.33 bits per heavy atom. The van der Waals surface area contributed by atoms with Gasteiger partial charge in [0, 0.05) is 0 Å². The highest BCUT2D eigenvalue weighted by Gasteiger charge is 2.76. The zero-order valence-corrected chi connectivity index (χ0v) is 16.4. The molecule has 0 aromatic heterocycles. The Morgan fingerprint density at radius 1 is 0.848 bits per heavy atom. The minimum Gasteiger partial charge on any atom is -0.481 e. The topological polar surface area (TPSA) is 89.9 Å². The zero-order valence-electron chi connectivity index (χ0n) is 16.4. The first-order valence-electron chi connectivity index (χ1n) is 9.68. The number of hydrogen-bond acceptors (Lipinski definition) is 5. The summed E-state index contributed by atoms with van der Waals surface area (Å²) in [5, 5.41) is 8.68. The van der Waals surface area contributed by atoms with Gasteiger partial charge in [0.05, 0.1) is 5.41 Å². The van der Waals surface area contributed by atoms with Gasteiger partial charge in [-0.2, -0.15) is 39.5 Å². The number of ether oxygens (including phenoxy) is 2. The van der Waals surface area contributed by atoms with E-state index < -0.39 is 90.6 Å². The van der Waals surface area contributed by atoms with Gasteiger partial charge in [0.1, 0.15) is 12.5 Å². The Balaban J connectivity index is 1.89. The van der Waals surface area contributed by atoms with Crippen LogP contribution in [0.1, 0.15) is 38.5 Å². The van der Waals surface area contributed by atoms with E-state index in [1.165, 1.54) is 0 Å². The summed E-state index contributed by atoms with van der Waals surface area (Å²) in [6.07, 6.45) is -22.6. The van der Waals surface area contributed by atoms with E-state index >= 15 is 0 Å². The van der Waals surface area contributed by atoms with E-state index in [9.17, 15) is 53.9 Å². The lowest BCUT2D eigenvalue weighted by atomic mass is 9.48. The Hall–Kier alpha value is -2.22. The van der Waals surface area contributed by atoms with Gasteiger partial charge in [-0.05, 0) is 49.9 Å². The maximum atomic E-state index is 13.5. The van der Waals surface area contributed by atoms with Crippen molar-refractivity contribution in [2.45, 2.75) is 68.8 Å². The molecule has 0 aromatic rings. The molecule has 4 aliphatic rings. The molecule has 0 radical (unpaired) electrons. The molecule has 0 aliphatic heterocycles. The van der Waals surface area contributed by atoms with Gasteiger partial charge in [-0.15, -0.1) is 0 Å². The van der Waals surface area contributed by atoms with Crippen molar-refractivity contribution >= 4 is 17.9 Å². The van der Waals surface area contributed by atoms with Gasteiger partial charge in [-0.3, -0.25) is 9.59 Å². The number of halogens is 9. The van der Waals surface area contributed by atoms with Crippen molar-refractivity contribution in [1.29, 1.82) is 0 Å². The molecule has 4 saturated carbocycles. The molecule has 4 fully saturated rings. The van der Waals surface area contributed by atoms with Crippen LogP contribution in [0.15, 0.2) is 0 Å². The molecule has 4 bridgehead atoms. The van der Waals surface area contributed by atoms with Crippen molar-refractivity contribution < 1.29 is 68.5 Å². The third kappa shape index (κ3) is 4.34. The third-order valence-electron chi connectivity index (χ3n) is 6.68. The average molecular weight is 500 g/mol. The summed E-state index contributed by atoms with van der Waals surface area (Å²) in [5.41, 5.74) is -7.19.